The Morgan fingerprint density at radius 1 is 1.33 bits per heavy atom. The van der Waals surface area contributed by atoms with E-state index < -0.39 is 0 Å². The number of halogens is 1. The molecule has 0 fully saturated rings. The summed E-state index contributed by atoms with van der Waals surface area (Å²) in [4.78, 5) is 0. The number of thioether (sulfide) groups is 1. The van der Waals surface area contributed by atoms with Crippen LogP contribution < -0.4 is 0 Å². The summed E-state index contributed by atoms with van der Waals surface area (Å²) in [7, 11) is 0. The van der Waals surface area contributed by atoms with Gasteiger partial charge in [-0.25, -0.2) is 0 Å². The Bertz CT molecular complexity index is 619. The van der Waals surface area contributed by atoms with Crippen LogP contribution in [0.1, 0.15) is 22.5 Å². The molecule has 0 amide bonds. The zero-order chi connectivity index (χ0) is 13.1. The lowest BCUT2D eigenvalue weighted by Crippen LogP contribution is -1.99. The highest BCUT2D eigenvalue weighted by atomic mass is 35.5. The molecule has 0 radical (unpaired) electrons. The van der Waals surface area contributed by atoms with Crippen molar-refractivity contribution in [1.82, 2.24) is 19.8 Å². The molecule has 2 heterocycles. The summed E-state index contributed by atoms with van der Waals surface area (Å²) in [5.41, 5.74) is 2.89. The van der Waals surface area contributed by atoms with Crippen LogP contribution in [0.3, 0.4) is 0 Å². The summed E-state index contributed by atoms with van der Waals surface area (Å²) >= 11 is 8.45. The van der Waals surface area contributed by atoms with Crippen molar-refractivity contribution in [3.8, 4) is 6.07 Å². The van der Waals surface area contributed by atoms with Crippen LogP contribution in [0.4, 0.5) is 0 Å². The fourth-order valence-corrected chi connectivity index (χ4v) is 2.95. The summed E-state index contributed by atoms with van der Waals surface area (Å²) in [6.45, 7) is 3.70. The van der Waals surface area contributed by atoms with Gasteiger partial charge in [-0.1, -0.05) is 27.9 Å². The molecule has 0 unspecified atom stereocenters. The molecule has 5 nitrogen and oxygen atoms in total. The molecule has 0 bridgehead atoms. The maximum Gasteiger partial charge on any atom is 0.138 e. The standard InChI is InChI=1S/C10H8ClN5S2/c1-5-6(2)13-15-10(7(5)3-12)17-4-8-9(11)18-16-14-8/h4H2,1-2H3. The van der Waals surface area contributed by atoms with Crippen molar-refractivity contribution in [2.24, 2.45) is 0 Å². The van der Waals surface area contributed by atoms with Crippen LogP contribution in [-0.4, -0.2) is 19.8 Å². The Morgan fingerprint density at radius 2 is 2.11 bits per heavy atom. The molecular formula is C10H8ClN5S2. The molecule has 0 aliphatic carbocycles. The van der Waals surface area contributed by atoms with E-state index in [1.807, 2.05) is 13.8 Å². The van der Waals surface area contributed by atoms with E-state index in [1.54, 1.807) is 0 Å². The van der Waals surface area contributed by atoms with Gasteiger partial charge < -0.3 is 0 Å². The number of rotatable bonds is 3. The molecule has 92 valence electrons. The molecule has 0 aliphatic heterocycles. The second kappa shape index (κ2) is 5.61. The van der Waals surface area contributed by atoms with Gasteiger partial charge in [0.05, 0.1) is 11.3 Å². The predicted octanol–water partition coefficient (Wildman–Crippen LogP) is 2.76. The van der Waals surface area contributed by atoms with E-state index in [-0.39, 0.29) is 0 Å². The zero-order valence-electron chi connectivity index (χ0n) is 9.64. The van der Waals surface area contributed by atoms with Crippen molar-refractivity contribution in [2.75, 3.05) is 0 Å². The average Bonchev–Trinajstić information content (AvgIpc) is 2.76. The number of hydrogen-bond acceptors (Lipinski definition) is 7. The summed E-state index contributed by atoms with van der Waals surface area (Å²) in [6, 6.07) is 2.16. The van der Waals surface area contributed by atoms with Crippen LogP contribution in [0.2, 0.25) is 4.34 Å². The van der Waals surface area contributed by atoms with E-state index in [4.69, 9.17) is 16.9 Å². The van der Waals surface area contributed by atoms with Gasteiger partial charge in [0, 0.05) is 17.3 Å². The topological polar surface area (TPSA) is 75.3 Å². The van der Waals surface area contributed by atoms with Crippen LogP contribution in [0.15, 0.2) is 5.03 Å². The van der Waals surface area contributed by atoms with Gasteiger partial charge in [-0.3, -0.25) is 0 Å². The van der Waals surface area contributed by atoms with E-state index in [1.165, 1.54) is 11.8 Å². The Labute approximate surface area is 117 Å². The number of hydrogen-bond donors (Lipinski definition) is 0. The largest absolute Gasteiger partial charge is 0.192 e. The summed E-state index contributed by atoms with van der Waals surface area (Å²) in [6.07, 6.45) is 0. The van der Waals surface area contributed by atoms with E-state index in [2.05, 4.69) is 25.9 Å². The van der Waals surface area contributed by atoms with Crippen LogP contribution in [0, 0.1) is 25.2 Å². The highest BCUT2D eigenvalue weighted by molar-refractivity contribution is 7.98. The summed E-state index contributed by atoms with van der Waals surface area (Å²) in [5.74, 6) is 0.529. The van der Waals surface area contributed by atoms with Crippen LogP contribution in [0.25, 0.3) is 0 Å². The van der Waals surface area contributed by atoms with Crippen molar-refractivity contribution in [3.05, 3.63) is 26.9 Å². The third-order valence-electron chi connectivity index (χ3n) is 2.39. The Balaban J connectivity index is 2.23. The molecule has 0 spiro atoms. The minimum absolute atomic E-state index is 0.529. The van der Waals surface area contributed by atoms with E-state index in [0.29, 0.717) is 26.4 Å². The molecule has 0 saturated carbocycles. The Kier molecular flexibility index (Phi) is 4.11. The first-order valence-electron chi connectivity index (χ1n) is 4.97. The fourth-order valence-electron chi connectivity index (χ4n) is 1.24. The van der Waals surface area contributed by atoms with Crippen molar-refractivity contribution in [1.29, 1.82) is 5.26 Å². The Morgan fingerprint density at radius 3 is 2.72 bits per heavy atom. The highest BCUT2D eigenvalue weighted by Crippen LogP contribution is 2.28. The molecule has 2 aromatic rings. The summed E-state index contributed by atoms with van der Waals surface area (Å²) < 4.78 is 4.32. The second-order valence-corrected chi connectivity index (χ2v) is 5.80. The quantitative estimate of drug-likeness (QED) is 0.811. The lowest BCUT2D eigenvalue weighted by molar-refractivity contribution is 0.870. The maximum atomic E-state index is 9.15. The normalized spacial score (nSPS) is 10.3. The molecule has 8 heteroatoms. The molecule has 0 aromatic carbocycles. The molecule has 0 aliphatic rings. The van der Waals surface area contributed by atoms with Crippen LogP contribution >= 0.6 is 34.9 Å². The minimum atomic E-state index is 0.529. The Hall–Kier alpha value is -1.23. The van der Waals surface area contributed by atoms with E-state index >= 15 is 0 Å². The minimum Gasteiger partial charge on any atom is -0.192 e. The monoisotopic (exact) mass is 297 g/mol. The number of nitrogens with zero attached hydrogens (tertiary/aromatic N) is 5. The third kappa shape index (κ3) is 2.61. The number of nitriles is 1. The highest BCUT2D eigenvalue weighted by Gasteiger charge is 2.13. The molecule has 0 atom stereocenters. The van der Waals surface area contributed by atoms with Gasteiger partial charge in [0.15, 0.2) is 0 Å². The molecule has 0 saturated heterocycles. The van der Waals surface area contributed by atoms with Gasteiger partial charge in [-0.15, -0.1) is 10.2 Å². The molecule has 2 rings (SSSR count). The van der Waals surface area contributed by atoms with Crippen LogP contribution in [-0.2, 0) is 5.75 Å². The van der Waals surface area contributed by atoms with Crippen molar-refractivity contribution < 1.29 is 0 Å². The first-order valence-corrected chi connectivity index (χ1v) is 7.10. The van der Waals surface area contributed by atoms with Crippen molar-refractivity contribution >= 4 is 34.9 Å². The molecule has 18 heavy (non-hydrogen) atoms. The van der Waals surface area contributed by atoms with Gasteiger partial charge in [0.1, 0.15) is 21.1 Å². The SMILES string of the molecule is Cc1nnc(SCc2nnsc2Cl)c(C#N)c1C. The molecule has 0 N–H and O–H groups in total. The van der Waals surface area contributed by atoms with Crippen molar-refractivity contribution in [3.63, 3.8) is 0 Å². The lowest BCUT2D eigenvalue weighted by Gasteiger charge is -2.05. The van der Waals surface area contributed by atoms with Gasteiger partial charge in [0.25, 0.3) is 0 Å². The van der Waals surface area contributed by atoms with E-state index in [0.717, 1.165) is 22.8 Å². The van der Waals surface area contributed by atoms with E-state index in [9.17, 15) is 0 Å². The van der Waals surface area contributed by atoms with Gasteiger partial charge in [-0.05, 0) is 19.4 Å². The maximum absolute atomic E-state index is 9.15. The second-order valence-electron chi connectivity index (χ2n) is 3.48. The number of aryl methyl sites for hydroxylation is 1. The van der Waals surface area contributed by atoms with Gasteiger partial charge in [-0.2, -0.15) is 10.4 Å². The summed E-state index contributed by atoms with van der Waals surface area (Å²) in [5, 5.41) is 21.7. The smallest absolute Gasteiger partial charge is 0.138 e. The van der Waals surface area contributed by atoms with Gasteiger partial charge >= 0.3 is 0 Å². The third-order valence-corrected chi connectivity index (χ3v) is 4.35. The molecular weight excluding hydrogens is 290 g/mol. The van der Waals surface area contributed by atoms with Gasteiger partial charge in [0.2, 0.25) is 0 Å². The lowest BCUT2D eigenvalue weighted by atomic mass is 10.1. The predicted molar refractivity (Wildman–Crippen MR) is 70.7 cm³/mol. The van der Waals surface area contributed by atoms with Crippen LogP contribution in [0.5, 0.6) is 0 Å². The first-order chi connectivity index (χ1) is 8.63. The average molecular weight is 298 g/mol. The fraction of sp³-hybridized carbons (Fsp3) is 0.300. The molecule has 2 aromatic heterocycles. The zero-order valence-corrected chi connectivity index (χ0v) is 12.0. The number of aromatic nitrogens is 4. The first kappa shape index (κ1) is 13.2. The van der Waals surface area contributed by atoms with Crippen molar-refractivity contribution in [2.45, 2.75) is 24.6 Å².